The van der Waals surface area contributed by atoms with Gasteiger partial charge in [-0.3, -0.25) is 4.79 Å². The van der Waals surface area contributed by atoms with E-state index >= 15 is 0 Å². The summed E-state index contributed by atoms with van der Waals surface area (Å²) in [5.41, 5.74) is 0. The van der Waals surface area contributed by atoms with Crippen molar-refractivity contribution in [2.24, 2.45) is 0 Å². The van der Waals surface area contributed by atoms with Crippen molar-refractivity contribution in [1.29, 1.82) is 0 Å². The molecule has 148 valence electrons. The number of carbonyl (C=O) groups excluding carboxylic acids is 1. The van der Waals surface area contributed by atoms with Crippen molar-refractivity contribution in [3.63, 3.8) is 0 Å². The quantitative estimate of drug-likeness (QED) is 0.222. The summed E-state index contributed by atoms with van der Waals surface area (Å²) in [4.78, 5) is 11.0. The topological polar surface area (TPSA) is 59.1 Å². The lowest BCUT2D eigenvalue weighted by Gasteiger charge is -2.08. The molecular weight excluding hydrogens is 316 g/mol. The van der Waals surface area contributed by atoms with E-state index in [4.69, 9.17) is 4.74 Å². The number of ether oxygens (including phenoxy) is 2. The average Bonchev–Trinajstić information content (AvgIpc) is 3.34. The monoisotopic (exact) mass is 356 g/mol. The third-order valence-electron chi connectivity index (χ3n) is 5.18. The van der Waals surface area contributed by atoms with Crippen molar-refractivity contribution in [2.45, 2.75) is 122 Å². The summed E-state index contributed by atoms with van der Waals surface area (Å²) >= 11 is 0. The van der Waals surface area contributed by atoms with Crippen LogP contribution in [0.5, 0.6) is 0 Å². The molecule has 0 aromatic heterocycles. The molecule has 0 aromatic carbocycles. The van der Waals surface area contributed by atoms with Crippen LogP contribution >= 0.6 is 0 Å². The molecular formula is C21H40O4. The second-order valence-corrected chi connectivity index (χ2v) is 7.54. The van der Waals surface area contributed by atoms with E-state index in [-0.39, 0.29) is 12.1 Å². The van der Waals surface area contributed by atoms with Crippen LogP contribution in [0.3, 0.4) is 0 Å². The maximum absolute atomic E-state index is 11.0. The van der Waals surface area contributed by atoms with Crippen molar-refractivity contribution >= 4 is 5.97 Å². The smallest absolute Gasteiger partial charge is 0.305 e. The number of carbonyl (C=O) groups is 1. The minimum Gasteiger partial charge on any atom is -0.469 e. The zero-order valence-electron chi connectivity index (χ0n) is 16.5. The number of unbranched alkanes of at least 4 members (excludes halogenated alkanes) is 9. The number of hydrogen-bond acceptors (Lipinski definition) is 4. The molecule has 1 N–H and O–H groups in total. The fourth-order valence-corrected chi connectivity index (χ4v) is 3.43. The molecule has 1 heterocycles. The van der Waals surface area contributed by atoms with Gasteiger partial charge in [-0.2, -0.15) is 0 Å². The first kappa shape index (κ1) is 22.4. The van der Waals surface area contributed by atoms with Crippen molar-refractivity contribution in [2.75, 3.05) is 7.11 Å². The van der Waals surface area contributed by atoms with Crippen LogP contribution in [0.2, 0.25) is 0 Å². The Bertz CT molecular complexity index is 332. The first-order chi connectivity index (χ1) is 12.2. The summed E-state index contributed by atoms with van der Waals surface area (Å²) in [6.45, 7) is 2.21. The lowest BCUT2D eigenvalue weighted by molar-refractivity contribution is -0.140. The normalized spacial score (nSPS) is 20.4. The highest BCUT2D eigenvalue weighted by Gasteiger charge is 2.38. The van der Waals surface area contributed by atoms with Gasteiger partial charge in [-0.05, 0) is 19.3 Å². The molecule has 0 bridgehead atoms. The Labute approximate surface area is 154 Å². The number of aliphatic hydroxyl groups is 1. The molecule has 1 saturated heterocycles. The van der Waals surface area contributed by atoms with E-state index < -0.39 is 0 Å². The van der Waals surface area contributed by atoms with Crippen molar-refractivity contribution in [3.8, 4) is 0 Å². The van der Waals surface area contributed by atoms with Gasteiger partial charge in [0.2, 0.25) is 0 Å². The Morgan fingerprint density at radius 2 is 1.60 bits per heavy atom. The van der Waals surface area contributed by atoms with Gasteiger partial charge in [-0.1, -0.05) is 71.1 Å². The fraction of sp³-hybridized carbons (Fsp3) is 0.952. The van der Waals surface area contributed by atoms with Crippen molar-refractivity contribution < 1.29 is 19.4 Å². The van der Waals surface area contributed by atoms with Crippen LogP contribution in [-0.2, 0) is 14.3 Å². The van der Waals surface area contributed by atoms with Crippen molar-refractivity contribution in [3.05, 3.63) is 0 Å². The van der Waals surface area contributed by atoms with Crippen LogP contribution in [0.4, 0.5) is 0 Å². The summed E-state index contributed by atoms with van der Waals surface area (Å²) in [6.07, 6.45) is 17.3. The van der Waals surface area contributed by atoms with Crippen LogP contribution in [0.25, 0.3) is 0 Å². The second kappa shape index (κ2) is 14.5. The molecule has 1 fully saturated rings. The van der Waals surface area contributed by atoms with Gasteiger partial charge in [0.15, 0.2) is 0 Å². The number of hydrogen-bond donors (Lipinski definition) is 1. The predicted octanol–water partition coefficient (Wildman–Crippen LogP) is 5.16. The maximum atomic E-state index is 11.0. The minimum atomic E-state index is -0.170. The van der Waals surface area contributed by atoms with E-state index in [0.29, 0.717) is 18.6 Å². The van der Waals surface area contributed by atoms with Gasteiger partial charge in [-0.15, -0.1) is 0 Å². The van der Waals surface area contributed by atoms with E-state index in [2.05, 4.69) is 11.7 Å². The van der Waals surface area contributed by atoms with Crippen LogP contribution < -0.4 is 0 Å². The molecule has 3 unspecified atom stereocenters. The Kier molecular flexibility index (Phi) is 13.1. The molecule has 1 aliphatic rings. The van der Waals surface area contributed by atoms with Gasteiger partial charge in [0.25, 0.3) is 0 Å². The summed E-state index contributed by atoms with van der Waals surface area (Å²) in [5, 5.41) is 10.0. The van der Waals surface area contributed by atoms with Crippen LogP contribution in [0.15, 0.2) is 0 Å². The third kappa shape index (κ3) is 12.4. The molecule has 0 spiro atoms. The van der Waals surface area contributed by atoms with Crippen LogP contribution in [0.1, 0.15) is 103 Å². The predicted molar refractivity (Wildman–Crippen MR) is 102 cm³/mol. The van der Waals surface area contributed by atoms with Crippen LogP contribution in [-0.4, -0.2) is 36.5 Å². The maximum Gasteiger partial charge on any atom is 0.305 e. The molecule has 1 rings (SSSR count). The van der Waals surface area contributed by atoms with Gasteiger partial charge in [0.05, 0.1) is 25.4 Å². The fourth-order valence-electron chi connectivity index (χ4n) is 3.43. The largest absolute Gasteiger partial charge is 0.469 e. The van der Waals surface area contributed by atoms with Gasteiger partial charge in [0.1, 0.15) is 0 Å². The molecule has 0 saturated carbocycles. The zero-order valence-corrected chi connectivity index (χ0v) is 16.5. The first-order valence-corrected chi connectivity index (χ1v) is 10.6. The molecule has 0 radical (unpaired) electrons. The Morgan fingerprint density at radius 1 is 0.960 bits per heavy atom. The third-order valence-corrected chi connectivity index (χ3v) is 5.18. The van der Waals surface area contributed by atoms with E-state index in [1.807, 2.05) is 0 Å². The van der Waals surface area contributed by atoms with E-state index in [0.717, 1.165) is 38.5 Å². The molecule has 25 heavy (non-hydrogen) atoms. The summed E-state index contributed by atoms with van der Waals surface area (Å²) in [6, 6.07) is 0. The van der Waals surface area contributed by atoms with E-state index in [9.17, 15) is 9.90 Å². The number of aliphatic hydroxyl groups excluding tert-OH is 1. The highest BCUT2D eigenvalue weighted by Crippen LogP contribution is 2.32. The number of rotatable bonds is 17. The number of epoxide rings is 1. The molecule has 3 atom stereocenters. The lowest BCUT2D eigenvalue weighted by Crippen LogP contribution is -2.11. The first-order valence-electron chi connectivity index (χ1n) is 10.6. The Balaban J connectivity index is 1.82. The molecule has 0 aromatic rings. The average molecular weight is 357 g/mol. The Hall–Kier alpha value is -0.610. The van der Waals surface area contributed by atoms with Gasteiger partial charge < -0.3 is 14.6 Å². The minimum absolute atomic E-state index is 0.0925. The Morgan fingerprint density at radius 3 is 2.28 bits per heavy atom. The summed E-state index contributed by atoms with van der Waals surface area (Å²) in [5.74, 6) is -0.0925. The summed E-state index contributed by atoms with van der Waals surface area (Å²) in [7, 11) is 1.45. The lowest BCUT2D eigenvalue weighted by atomic mass is 10.0. The highest BCUT2D eigenvalue weighted by molar-refractivity contribution is 5.68. The standard InChI is InChI=1S/C21H40O4/c1-3-4-5-11-14-18(22)17-20-19(25-20)15-12-9-7-6-8-10-13-16-21(23)24-2/h18-20,22H,3-17H2,1-2H3. The SMILES string of the molecule is CCCCCCC(O)CC1OC1CCCCCCCCCC(=O)OC. The summed E-state index contributed by atoms with van der Waals surface area (Å²) < 4.78 is 10.3. The van der Waals surface area contributed by atoms with E-state index in [1.165, 1.54) is 58.5 Å². The number of methoxy groups -OCH3 is 1. The second-order valence-electron chi connectivity index (χ2n) is 7.54. The van der Waals surface area contributed by atoms with Gasteiger partial charge in [-0.25, -0.2) is 0 Å². The van der Waals surface area contributed by atoms with E-state index in [1.54, 1.807) is 0 Å². The molecule has 0 aliphatic carbocycles. The highest BCUT2D eigenvalue weighted by atomic mass is 16.6. The molecule has 1 aliphatic heterocycles. The number of esters is 1. The van der Waals surface area contributed by atoms with Crippen LogP contribution in [0, 0.1) is 0 Å². The van der Waals surface area contributed by atoms with Gasteiger partial charge >= 0.3 is 5.97 Å². The molecule has 4 nitrogen and oxygen atoms in total. The zero-order chi connectivity index (χ0) is 18.3. The van der Waals surface area contributed by atoms with Crippen molar-refractivity contribution in [1.82, 2.24) is 0 Å². The van der Waals surface area contributed by atoms with Gasteiger partial charge in [0, 0.05) is 12.8 Å². The molecule has 4 heteroatoms. The molecule has 0 amide bonds.